The lowest BCUT2D eigenvalue weighted by Crippen LogP contribution is -2.17. The smallest absolute Gasteiger partial charge is 0.291 e. The highest BCUT2D eigenvalue weighted by molar-refractivity contribution is 6.31. The predicted molar refractivity (Wildman–Crippen MR) is 129 cm³/mol. The fourth-order valence-corrected chi connectivity index (χ4v) is 3.40. The van der Waals surface area contributed by atoms with Crippen LogP contribution in [0.15, 0.2) is 71.3 Å². The third kappa shape index (κ3) is 5.47. The fourth-order valence-electron chi connectivity index (χ4n) is 3.28. The van der Waals surface area contributed by atoms with Crippen molar-refractivity contribution >= 4 is 34.8 Å². The molecule has 2 heterocycles. The highest BCUT2D eigenvalue weighted by Crippen LogP contribution is 2.23. The van der Waals surface area contributed by atoms with Gasteiger partial charge in [-0.15, -0.1) is 0 Å². The zero-order valence-corrected chi connectivity index (χ0v) is 19.4. The number of hydrogen-bond acceptors (Lipinski definition) is 5. The number of furan rings is 1. The lowest BCUT2D eigenvalue weighted by Gasteiger charge is -2.09. The van der Waals surface area contributed by atoms with Crippen LogP contribution in [-0.4, -0.2) is 21.6 Å². The first kappa shape index (κ1) is 23.1. The number of amides is 2. The topological polar surface area (TPSA) is 98.4 Å². The lowest BCUT2D eigenvalue weighted by atomic mass is 10.2. The van der Waals surface area contributed by atoms with Crippen LogP contribution in [-0.2, 0) is 13.2 Å². The molecule has 174 valence electrons. The maximum Gasteiger partial charge on any atom is 0.291 e. The number of ether oxygens (including phenoxy) is 1. The number of aromatic nitrogens is 2. The van der Waals surface area contributed by atoms with Crippen molar-refractivity contribution < 1.29 is 18.7 Å². The van der Waals surface area contributed by atoms with Crippen molar-refractivity contribution in [3.63, 3.8) is 0 Å². The molecule has 4 rings (SSSR count). The first-order chi connectivity index (χ1) is 16.4. The summed E-state index contributed by atoms with van der Waals surface area (Å²) in [6, 6.07) is 17.1. The van der Waals surface area contributed by atoms with Gasteiger partial charge in [0.25, 0.3) is 11.8 Å². The Morgan fingerprint density at radius 3 is 2.53 bits per heavy atom. The molecule has 4 aromatic rings. The third-order valence-electron chi connectivity index (χ3n) is 5.02. The second-order valence-electron chi connectivity index (χ2n) is 7.49. The Kier molecular flexibility index (Phi) is 6.98. The third-order valence-corrected chi connectivity index (χ3v) is 5.45. The van der Waals surface area contributed by atoms with E-state index >= 15 is 0 Å². The summed E-state index contributed by atoms with van der Waals surface area (Å²) >= 11 is 6.03. The average Bonchev–Trinajstić information content (AvgIpc) is 3.50. The van der Waals surface area contributed by atoms with Crippen LogP contribution < -0.4 is 15.4 Å². The molecule has 0 aliphatic carbocycles. The van der Waals surface area contributed by atoms with E-state index in [0.717, 1.165) is 5.56 Å². The van der Waals surface area contributed by atoms with E-state index in [4.69, 9.17) is 20.8 Å². The first-order valence-electron chi connectivity index (χ1n) is 10.6. The largest absolute Gasteiger partial charge is 0.486 e. The molecule has 0 radical (unpaired) electrons. The van der Waals surface area contributed by atoms with Crippen molar-refractivity contribution in [2.24, 2.45) is 0 Å². The van der Waals surface area contributed by atoms with Crippen LogP contribution in [0.1, 0.15) is 39.3 Å². The molecule has 0 atom stereocenters. The molecular formula is C25H23ClN4O4. The van der Waals surface area contributed by atoms with E-state index in [2.05, 4.69) is 15.7 Å². The number of benzene rings is 2. The lowest BCUT2D eigenvalue weighted by molar-refractivity contribution is 0.0990. The summed E-state index contributed by atoms with van der Waals surface area (Å²) in [5.41, 5.74) is 2.42. The SMILES string of the molecule is CCn1nccc1C(=O)Nc1cccc(NC(=O)c2ccc(COc3ccc(Cl)c(C)c3)o2)c1. The highest BCUT2D eigenvalue weighted by atomic mass is 35.5. The molecule has 2 aromatic heterocycles. The van der Waals surface area contributed by atoms with Crippen molar-refractivity contribution in [2.45, 2.75) is 27.0 Å². The Hall–Kier alpha value is -4.04. The van der Waals surface area contributed by atoms with Crippen molar-refractivity contribution in [3.05, 3.63) is 94.7 Å². The van der Waals surface area contributed by atoms with Gasteiger partial charge in [-0.3, -0.25) is 14.3 Å². The Balaban J connectivity index is 1.36. The van der Waals surface area contributed by atoms with Gasteiger partial charge in [0.05, 0.1) is 0 Å². The number of hydrogen-bond donors (Lipinski definition) is 2. The summed E-state index contributed by atoms with van der Waals surface area (Å²) < 4.78 is 12.9. The quantitative estimate of drug-likeness (QED) is 0.346. The fraction of sp³-hybridized carbons (Fsp3) is 0.160. The molecule has 0 unspecified atom stereocenters. The molecule has 2 N–H and O–H groups in total. The van der Waals surface area contributed by atoms with E-state index in [0.29, 0.717) is 40.1 Å². The number of halogens is 1. The zero-order valence-electron chi connectivity index (χ0n) is 18.7. The Morgan fingerprint density at radius 1 is 1.03 bits per heavy atom. The summed E-state index contributed by atoms with van der Waals surface area (Å²) in [5.74, 6) is 0.610. The van der Waals surface area contributed by atoms with E-state index in [1.54, 1.807) is 65.5 Å². The van der Waals surface area contributed by atoms with E-state index in [1.807, 2.05) is 19.9 Å². The minimum absolute atomic E-state index is 0.146. The summed E-state index contributed by atoms with van der Waals surface area (Å²) in [6.45, 7) is 4.56. The number of carbonyl (C=O) groups excluding carboxylic acids is 2. The van der Waals surface area contributed by atoms with Crippen molar-refractivity contribution in [1.29, 1.82) is 0 Å². The molecule has 0 aliphatic heterocycles. The minimum Gasteiger partial charge on any atom is -0.486 e. The van der Waals surface area contributed by atoms with Crippen LogP contribution in [0.3, 0.4) is 0 Å². The molecular weight excluding hydrogens is 456 g/mol. The minimum atomic E-state index is -0.416. The van der Waals surface area contributed by atoms with Crippen LogP contribution in [0.2, 0.25) is 5.02 Å². The second-order valence-corrected chi connectivity index (χ2v) is 7.89. The van der Waals surface area contributed by atoms with Gasteiger partial charge in [0.2, 0.25) is 0 Å². The molecule has 8 nitrogen and oxygen atoms in total. The van der Waals surface area contributed by atoms with Gasteiger partial charge >= 0.3 is 0 Å². The molecule has 0 saturated heterocycles. The molecule has 0 saturated carbocycles. The Labute approximate surface area is 201 Å². The maximum absolute atomic E-state index is 12.6. The number of rotatable bonds is 8. The van der Waals surface area contributed by atoms with Gasteiger partial charge in [0.1, 0.15) is 23.8 Å². The van der Waals surface area contributed by atoms with E-state index < -0.39 is 5.91 Å². The van der Waals surface area contributed by atoms with E-state index in [1.165, 1.54) is 0 Å². The van der Waals surface area contributed by atoms with Gasteiger partial charge in [0.15, 0.2) is 5.76 Å². The number of anilines is 2. The van der Waals surface area contributed by atoms with E-state index in [-0.39, 0.29) is 18.3 Å². The Morgan fingerprint density at radius 2 is 1.79 bits per heavy atom. The molecule has 0 spiro atoms. The molecule has 0 bridgehead atoms. The van der Waals surface area contributed by atoms with Crippen LogP contribution in [0.5, 0.6) is 5.75 Å². The molecule has 9 heteroatoms. The van der Waals surface area contributed by atoms with E-state index in [9.17, 15) is 9.59 Å². The van der Waals surface area contributed by atoms with Gasteiger partial charge in [-0.25, -0.2) is 0 Å². The standard InChI is InChI=1S/C25H23ClN4O4/c1-3-30-22(11-12-27-30)24(31)28-17-5-4-6-18(14-17)29-25(32)23-10-8-20(34-23)15-33-19-7-9-21(26)16(2)13-19/h4-14H,3,15H2,1-2H3,(H,28,31)(H,29,32). The van der Waals surface area contributed by atoms with Crippen molar-refractivity contribution in [2.75, 3.05) is 10.6 Å². The average molecular weight is 479 g/mol. The monoisotopic (exact) mass is 478 g/mol. The van der Waals surface area contributed by atoms with Crippen LogP contribution in [0.25, 0.3) is 0 Å². The summed E-state index contributed by atoms with van der Waals surface area (Å²) in [5, 5.41) is 10.4. The Bertz CT molecular complexity index is 1330. The number of nitrogens with zero attached hydrogens (tertiary/aromatic N) is 2. The highest BCUT2D eigenvalue weighted by Gasteiger charge is 2.14. The molecule has 2 amide bonds. The van der Waals surface area contributed by atoms with Crippen LogP contribution in [0, 0.1) is 6.92 Å². The maximum atomic E-state index is 12.6. The van der Waals surface area contributed by atoms with Gasteiger partial charge in [0, 0.05) is 29.1 Å². The molecule has 0 fully saturated rings. The molecule has 0 aliphatic rings. The molecule has 34 heavy (non-hydrogen) atoms. The van der Waals surface area contributed by atoms with Gasteiger partial charge in [-0.05, 0) is 74.0 Å². The van der Waals surface area contributed by atoms with Gasteiger partial charge in [-0.2, -0.15) is 5.10 Å². The number of aryl methyl sites for hydroxylation is 2. The van der Waals surface area contributed by atoms with Crippen LogP contribution >= 0.6 is 11.6 Å². The van der Waals surface area contributed by atoms with Crippen molar-refractivity contribution in [3.8, 4) is 5.75 Å². The molecule has 2 aromatic carbocycles. The normalized spacial score (nSPS) is 10.7. The second kappa shape index (κ2) is 10.3. The number of carbonyl (C=O) groups is 2. The zero-order chi connectivity index (χ0) is 24.1. The first-order valence-corrected chi connectivity index (χ1v) is 11.0. The summed E-state index contributed by atoms with van der Waals surface area (Å²) in [4.78, 5) is 25.1. The van der Waals surface area contributed by atoms with Crippen molar-refractivity contribution in [1.82, 2.24) is 9.78 Å². The summed E-state index contributed by atoms with van der Waals surface area (Å²) in [7, 11) is 0. The summed E-state index contributed by atoms with van der Waals surface area (Å²) in [6.07, 6.45) is 1.58. The predicted octanol–water partition coefficient (Wildman–Crippen LogP) is 5.54. The number of nitrogens with one attached hydrogen (secondary N) is 2. The van der Waals surface area contributed by atoms with Gasteiger partial charge in [-0.1, -0.05) is 17.7 Å². The van der Waals surface area contributed by atoms with Crippen LogP contribution in [0.4, 0.5) is 11.4 Å². The van der Waals surface area contributed by atoms with Gasteiger partial charge < -0.3 is 19.8 Å².